The minimum absolute atomic E-state index is 0.189. The molecule has 0 aliphatic rings. The first-order valence-electron chi connectivity index (χ1n) is 7.28. The van der Waals surface area contributed by atoms with Gasteiger partial charge in [0.05, 0.1) is 0 Å². The highest BCUT2D eigenvalue weighted by Crippen LogP contribution is 2.28. The molecule has 130 valence electrons. The molecule has 0 aliphatic heterocycles. The van der Waals surface area contributed by atoms with E-state index in [0.717, 1.165) is 6.42 Å². The van der Waals surface area contributed by atoms with Crippen LogP contribution in [0.25, 0.3) is 0 Å². The molecule has 1 heterocycles. The van der Waals surface area contributed by atoms with Gasteiger partial charge >= 0.3 is 6.36 Å². The third-order valence-corrected chi connectivity index (χ3v) is 3.23. The van der Waals surface area contributed by atoms with Crippen LogP contribution in [0.5, 0.6) is 5.75 Å². The molecule has 0 saturated carbocycles. The van der Waals surface area contributed by atoms with Crippen molar-refractivity contribution in [2.75, 3.05) is 16.4 Å². The number of ether oxygens (including phenoxy) is 1. The molecule has 1 aromatic carbocycles. The number of nitrogens with two attached hydrogens (primary N) is 1. The summed E-state index contributed by atoms with van der Waals surface area (Å²) >= 11 is 0. The van der Waals surface area contributed by atoms with E-state index in [2.05, 4.69) is 25.3 Å². The van der Waals surface area contributed by atoms with Gasteiger partial charge in [0.25, 0.3) is 0 Å². The summed E-state index contributed by atoms with van der Waals surface area (Å²) in [5.74, 6) is 0.557. The molecule has 0 fully saturated rings. The van der Waals surface area contributed by atoms with Gasteiger partial charge in [-0.15, -0.1) is 13.2 Å². The zero-order valence-corrected chi connectivity index (χ0v) is 13.2. The Morgan fingerprint density at radius 1 is 1.17 bits per heavy atom. The number of hydrogen-bond acceptors (Lipinski definition) is 6. The summed E-state index contributed by atoms with van der Waals surface area (Å²) in [5.41, 5.74) is 6.87. The molecule has 0 spiro atoms. The summed E-state index contributed by atoms with van der Waals surface area (Å²) in [7, 11) is 0. The first kappa shape index (κ1) is 17.6. The molecule has 4 N–H and O–H groups in total. The van der Waals surface area contributed by atoms with Crippen LogP contribution in [0, 0.1) is 0 Å². The highest BCUT2D eigenvalue weighted by molar-refractivity contribution is 5.77. The van der Waals surface area contributed by atoms with Gasteiger partial charge in [-0.3, -0.25) is 0 Å². The van der Waals surface area contributed by atoms with Crippen LogP contribution in [0.1, 0.15) is 20.3 Å². The highest BCUT2D eigenvalue weighted by Gasteiger charge is 2.30. The van der Waals surface area contributed by atoms with Crippen molar-refractivity contribution in [3.63, 3.8) is 0 Å². The standard InChI is InChI=1S/C15H18F3N5O/c1-3-9(2)22-13-12(19)14(21-8-20-13)23-10-4-6-11(7-5-10)24-15(16,17)18/h4-9H,3,19H2,1-2H3,(H2,20,21,22,23). The van der Waals surface area contributed by atoms with Crippen LogP contribution < -0.4 is 21.1 Å². The molecule has 1 atom stereocenters. The van der Waals surface area contributed by atoms with Crippen molar-refractivity contribution in [1.29, 1.82) is 0 Å². The van der Waals surface area contributed by atoms with E-state index in [1.807, 2.05) is 13.8 Å². The van der Waals surface area contributed by atoms with Crippen LogP contribution in [0.4, 0.5) is 36.2 Å². The second kappa shape index (κ2) is 7.24. The zero-order valence-electron chi connectivity index (χ0n) is 13.2. The quantitative estimate of drug-likeness (QED) is 0.739. The van der Waals surface area contributed by atoms with E-state index in [1.54, 1.807) is 0 Å². The molecule has 1 aromatic heterocycles. The van der Waals surface area contributed by atoms with Crippen molar-refractivity contribution in [3.8, 4) is 5.75 Å². The Labute approximate surface area is 137 Å². The molecule has 1 unspecified atom stereocenters. The van der Waals surface area contributed by atoms with Gasteiger partial charge < -0.3 is 21.1 Å². The first-order valence-corrected chi connectivity index (χ1v) is 7.28. The number of rotatable bonds is 6. The van der Waals surface area contributed by atoms with Crippen molar-refractivity contribution in [1.82, 2.24) is 9.97 Å². The van der Waals surface area contributed by atoms with Crippen molar-refractivity contribution in [2.45, 2.75) is 32.7 Å². The van der Waals surface area contributed by atoms with Gasteiger partial charge in [0.15, 0.2) is 11.6 Å². The van der Waals surface area contributed by atoms with Crippen LogP contribution in [-0.2, 0) is 0 Å². The average Bonchev–Trinajstić information content (AvgIpc) is 2.51. The van der Waals surface area contributed by atoms with Crippen LogP contribution in [0.15, 0.2) is 30.6 Å². The number of hydrogen-bond donors (Lipinski definition) is 3. The minimum Gasteiger partial charge on any atom is -0.406 e. The number of halogens is 3. The molecular formula is C15H18F3N5O. The van der Waals surface area contributed by atoms with Crippen molar-refractivity contribution >= 4 is 23.0 Å². The summed E-state index contributed by atoms with van der Waals surface area (Å²) in [6.07, 6.45) is -2.47. The summed E-state index contributed by atoms with van der Waals surface area (Å²) in [6.45, 7) is 4.02. The van der Waals surface area contributed by atoms with Crippen LogP contribution >= 0.6 is 0 Å². The van der Waals surface area contributed by atoms with Gasteiger partial charge in [-0.2, -0.15) is 0 Å². The van der Waals surface area contributed by atoms with Gasteiger partial charge in [0.1, 0.15) is 17.8 Å². The lowest BCUT2D eigenvalue weighted by molar-refractivity contribution is -0.274. The monoisotopic (exact) mass is 341 g/mol. The molecule has 2 rings (SSSR count). The molecule has 0 aliphatic carbocycles. The third kappa shape index (κ3) is 4.90. The van der Waals surface area contributed by atoms with Gasteiger partial charge in [-0.05, 0) is 37.6 Å². The molecule has 0 radical (unpaired) electrons. The first-order chi connectivity index (χ1) is 11.3. The molecule has 2 aromatic rings. The van der Waals surface area contributed by atoms with Gasteiger partial charge in [-0.25, -0.2) is 9.97 Å². The second-order valence-corrected chi connectivity index (χ2v) is 5.14. The van der Waals surface area contributed by atoms with E-state index in [0.29, 0.717) is 23.0 Å². The van der Waals surface area contributed by atoms with Gasteiger partial charge in [0.2, 0.25) is 0 Å². The zero-order chi connectivity index (χ0) is 17.7. The lowest BCUT2D eigenvalue weighted by Gasteiger charge is -2.16. The normalized spacial score (nSPS) is 12.5. The number of nitrogens with zero attached hydrogens (tertiary/aromatic N) is 2. The third-order valence-electron chi connectivity index (χ3n) is 3.23. The predicted molar refractivity (Wildman–Crippen MR) is 86.2 cm³/mol. The van der Waals surface area contributed by atoms with Crippen molar-refractivity contribution in [2.24, 2.45) is 0 Å². The predicted octanol–water partition coefficient (Wildman–Crippen LogP) is 3.91. The smallest absolute Gasteiger partial charge is 0.406 e. The number of nitrogens with one attached hydrogen (secondary N) is 2. The number of anilines is 4. The minimum atomic E-state index is -4.72. The molecule has 0 saturated heterocycles. The lowest BCUT2D eigenvalue weighted by Crippen LogP contribution is -2.17. The van der Waals surface area contributed by atoms with E-state index < -0.39 is 6.36 Å². The Morgan fingerprint density at radius 3 is 2.38 bits per heavy atom. The molecule has 0 amide bonds. The fourth-order valence-electron chi connectivity index (χ4n) is 1.82. The molecular weight excluding hydrogens is 323 g/mol. The van der Waals surface area contributed by atoms with E-state index in [9.17, 15) is 13.2 Å². The van der Waals surface area contributed by atoms with Crippen LogP contribution in [0.3, 0.4) is 0 Å². The number of alkyl halides is 3. The maximum absolute atomic E-state index is 12.1. The van der Waals surface area contributed by atoms with Crippen LogP contribution in [-0.4, -0.2) is 22.4 Å². The lowest BCUT2D eigenvalue weighted by atomic mass is 10.2. The van der Waals surface area contributed by atoms with E-state index >= 15 is 0 Å². The number of nitrogen functional groups attached to an aromatic ring is 1. The average molecular weight is 341 g/mol. The summed E-state index contributed by atoms with van der Waals surface area (Å²) in [5, 5.41) is 6.10. The van der Waals surface area contributed by atoms with E-state index in [1.165, 1.54) is 30.6 Å². The number of aromatic nitrogens is 2. The summed E-state index contributed by atoms with van der Waals surface area (Å²) in [6, 6.07) is 5.46. The van der Waals surface area contributed by atoms with E-state index in [-0.39, 0.29) is 11.8 Å². The second-order valence-electron chi connectivity index (χ2n) is 5.14. The molecule has 24 heavy (non-hydrogen) atoms. The van der Waals surface area contributed by atoms with Gasteiger partial charge in [-0.1, -0.05) is 6.92 Å². The fourth-order valence-corrected chi connectivity index (χ4v) is 1.82. The summed E-state index contributed by atoms with van der Waals surface area (Å²) < 4.78 is 40.2. The Bertz CT molecular complexity index is 676. The van der Waals surface area contributed by atoms with Crippen molar-refractivity contribution < 1.29 is 17.9 Å². The van der Waals surface area contributed by atoms with Gasteiger partial charge in [0, 0.05) is 11.7 Å². The highest BCUT2D eigenvalue weighted by atomic mass is 19.4. The molecule has 9 heteroatoms. The topological polar surface area (TPSA) is 85.1 Å². The molecule has 0 bridgehead atoms. The largest absolute Gasteiger partial charge is 0.573 e. The molecule has 6 nitrogen and oxygen atoms in total. The van der Waals surface area contributed by atoms with E-state index in [4.69, 9.17) is 5.73 Å². The number of benzene rings is 1. The van der Waals surface area contributed by atoms with Crippen LogP contribution in [0.2, 0.25) is 0 Å². The SMILES string of the molecule is CCC(C)Nc1ncnc(Nc2ccc(OC(F)(F)F)cc2)c1N. The fraction of sp³-hybridized carbons (Fsp3) is 0.333. The Hall–Kier alpha value is -2.71. The maximum Gasteiger partial charge on any atom is 0.573 e. The Kier molecular flexibility index (Phi) is 5.32. The maximum atomic E-state index is 12.1. The van der Waals surface area contributed by atoms with Crippen molar-refractivity contribution in [3.05, 3.63) is 30.6 Å². The summed E-state index contributed by atoms with van der Waals surface area (Å²) in [4.78, 5) is 8.14. The Morgan fingerprint density at radius 2 is 1.79 bits per heavy atom. The Balaban J connectivity index is 2.12.